The van der Waals surface area contributed by atoms with Crippen LogP contribution in [0.2, 0.25) is 0 Å². The van der Waals surface area contributed by atoms with Crippen LogP contribution in [0.1, 0.15) is 31.6 Å². The molecule has 0 unspecified atom stereocenters. The van der Waals surface area contributed by atoms with Crippen LogP contribution in [0.3, 0.4) is 0 Å². The number of methoxy groups -OCH3 is 3. The van der Waals surface area contributed by atoms with Crippen LogP contribution in [0.15, 0.2) is 16.7 Å². The Morgan fingerprint density at radius 3 is 2.71 bits per heavy atom. The number of nitrogens with zero attached hydrogens (tertiary/aromatic N) is 3. The first-order valence-electron chi connectivity index (χ1n) is 9.65. The van der Waals surface area contributed by atoms with E-state index in [4.69, 9.17) is 23.8 Å². The van der Waals surface area contributed by atoms with E-state index in [0.717, 1.165) is 32.4 Å². The third kappa shape index (κ3) is 4.56. The molecule has 0 spiro atoms. The van der Waals surface area contributed by atoms with Crippen molar-refractivity contribution in [3.05, 3.63) is 18.0 Å². The molecule has 0 saturated carbocycles. The SMILES string of the molecule is COc1ccc(-c2noc(CN3CCC[C@@H](CCCO)C3)n2)c(OC)c1OC. The highest BCUT2D eigenvalue weighted by atomic mass is 16.5. The lowest BCUT2D eigenvalue weighted by molar-refractivity contribution is 0.139. The van der Waals surface area contributed by atoms with E-state index in [2.05, 4.69) is 15.0 Å². The summed E-state index contributed by atoms with van der Waals surface area (Å²) >= 11 is 0. The molecule has 1 aliphatic heterocycles. The van der Waals surface area contributed by atoms with E-state index in [1.54, 1.807) is 27.4 Å². The van der Waals surface area contributed by atoms with E-state index in [0.29, 0.717) is 47.0 Å². The fourth-order valence-corrected chi connectivity index (χ4v) is 3.81. The quantitative estimate of drug-likeness (QED) is 0.698. The number of aromatic nitrogens is 2. The summed E-state index contributed by atoms with van der Waals surface area (Å²) in [6, 6.07) is 3.63. The summed E-state index contributed by atoms with van der Waals surface area (Å²) in [5.41, 5.74) is 0.689. The number of ether oxygens (including phenoxy) is 3. The number of hydrogen-bond donors (Lipinski definition) is 1. The number of benzene rings is 1. The highest BCUT2D eigenvalue weighted by Crippen LogP contribution is 2.43. The first kappa shape index (κ1) is 20.4. The Morgan fingerprint density at radius 2 is 2.00 bits per heavy atom. The maximum absolute atomic E-state index is 9.05. The molecular formula is C20H29N3O5. The zero-order valence-corrected chi connectivity index (χ0v) is 16.8. The van der Waals surface area contributed by atoms with Crippen molar-refractivity contribution in [3.8, 4) is 28.6 Å². The Kier molecular flexibility index (Phi) is 7.11. The van der Waals surface area contributed by atoms with Crippen LogP contribution in [0, 0.1) is 5.92 Å². The summed E-state index contributed by atoms with van der Waals surface area (Å²) in [6.07, 6.45) is 4.29. The van der Waals surface area contributed by atoms with Gasteiger partial charge in [-0.3, -0.25) is 4.90 Å². The Labute approximate surface area is 165 Å². The average molecular weight is 391 g/mol. The molecule has 1 N–H and O–H groups in total. The molecule has 0 amide bonds. The van der Waals surface area contributed by atoms with Crippen LogP contribution in [0.5, 0.6) is 17.2 Å². The largest absolute Gasteiger partial charge is 0.493 e. The van der Waals surface area contributed by atoms with Gasteiger partial charge in [-0.05, 0) is 50.3 Å². The van der Waals surface area contributed by atoms with Gasteiger partial charge >= 0.3 is 0 Å². The molecule has 3 rings (SSSR count). The lowest BCUT2D eigenvalue weighted by atomic mass is 9.93. The molecule has 1 aromatic carbocycles. The molecule has 28 heavy (non-hydrogen) atoms. The zero-order valence-electron chi connectivity index (χ0n) is 16.8. The van der Waals surface area contributed by atoms with Crippen LogP contribution >= 0.6 is 0 Å². The molecule has 1 saturated heterocycles. The fraction of sp³-hybridized carbons (Fsp3) is 0.600. The molecule has 154 valence electrons. The van der Waals surface area contributed by atoms with E-state index in [9.17, 15) is 0 Å². The highest BCUT2D eigenvalue weighted by Gasteiger charge is 2.23. The van der Waals surface area contributed by atoms with Crippen LogP contribution < -0.4 is 14.2 Å². The van der Waals surface area contributed by atoms with Crippen molar-refractivity contribution in [2.24, 2.45) is 5.92 Å². The Morgan fingerprint density at radius 1 is 1.18 bits per heavy atom. The zero-order chi connectivity index (χ0) is 19.9. The molecule has 1 atom stereocenters. The van der Waals surface area contributed by atoms with Gasteiger partial charge in [0.15, 0.2) is 11.5 Å². The van der Waals surface area contributed by atoms with Crippen LogP contribution in [-0.4, -0.2) is 61.2 Å². The number of piperidine rings is 1. The maximum atomic E-state index is 9.05. The predicted octanol–water partition coefficient (Wildman–Crippen LogP) is 2.75. The molecule has 0 radical (unpaired) electrons. The topological polar surface area (TPSA) is 90.1 Å². The van der Waals surface area contributed by atoms with E-state index in [-0.39, 0.29) is 6.61 Å². The average Bonchev–Trinajstić information content (AvgIpc) is 3.19. The standard InChI is InChI=1S/C20H29N3O5/c1-25-16-9-8-15(18(26-2)19(16)27-3)20-21-17(28-22-20)13-23-10-4-6-14(12-23)7-5-11-24/h8-9,14,24H,4-7,10-13H2,1-3H3/t14-/m0/s1. The Hall–Kier alpha value is -2.32. The van der Waals surface area contributed by atoms with Gasteiger partial charge in [0.2, 0.25) is 17.5 Å². The lowest BCUT2D eigenvalue weighted by Gasteiger charge is -2.31. The Balaban J connectivity index is 1.74. The molecule has 1 aromatic heterocycles. The molecular weight excluding hydrogens is 362 g/mol. The normalized spacial score (nSPS) is 17.5. The van der Waals surface area contributed by atoms with E-state index < -0.39 is 0 Å². The van der Waals surface area contributed by atoms with Crippen molar-refractivity contribution in [1.29, 1.82) is 0 Å². The van der Waals surface area contributed by atoms with Crippen molar-refractivity contribution < 1.29 is 23.8 Å². The van der Waals surface area contributed by atoms with Gasteiger partial charge in [0.05, 0.1) is 33.4 Å². The van der Waals surface area contributed by atoms with Crippen molar-refractivity contribution in [3.63, 3.8) is 0 Å². The molecule has 1 aliphatic rings. The second kappa shape index (κ2) is 9.75. The van der Waals surface area contributed by atoms with Crippen LogP contribution in [-0.2, 0) is 6.54 Å². The molecule has 8 nitrogen and oxygen atoms in total. The number of aliphatic hydroxyl groups is 1. The molecule has 0 aliphatic carbocycles. The number of hydrogen-bond acceptors (Lipinski definition) is 8. The smallest absolute Gasteiger partial charge is 0.241 e. The minimum absolute atomic E-state index is 0.261. The Bertz CT molecular complexity index is 764. The molecule has 2 aromatic rings. The summed E-state index contributed by atoms with van der Waals surface area (Å²) in [5, 5.41) is 13.2. The highest BCUT2D eigenvalue weighted by molar-refractivity contribution is 5.71. The van der Waals surface area contributed by atoms with E-state index in [1.807, 2.05) is 6.07 Å². The first-order valence-corrected chi connectivity index (χ1v) is 9.65. The second-order valence-electron chi connectivity index (χ2n) is 7.00. The van der Waals surface area contributed by atoms with Gasteiger partial charge in [-0.1, -0.05) is 5.16 Å². The summed E-state index contributed by atoms with van der Waals surface area (Å²) in [7, 11) is 4.72. The predicted molar refractivity (Wildman–Crippen MR) is 104 cm³/mol. The van der Waals surface area contributed by atoms with Gasteiger partial charge in [0.25, 0.3) is 0 Å². The number of likely N-dealkylation sites (tertiary alicyclic amines) is 1. The lowest BCUT2D eigenvalue weighted by Crippen LogP contribution is -2.35. The first-order chi connectivity index (χ1) is 13.7. The van der Waals surface area contributed by atoms with Crippen LogP contribution in [0.25, 0.3) is 11.4 Å². The van der Waals surface area contributed by atoms with Crippen molar-refractivity contribution in [1.82, 2.24) is 15.0 Å². The third-order valence-electron chi connectivity index (χ3n) is 5.15. The maximum Gasteiger partial charge on any atom is 0.241 e. The van der Waals surface area contributed by atoms with Crippen LogP contribution in [0.4, 0.5) is 0 Å². The summed E-state index contributed by atoms with van der Waals surface area (Å²) in [6.45, 7) is 2.90. The van der Waals surface area contributed by atoms with Gasteiger partial charge in [0, 0.05) is 13.2 Å². The molecule has 8 heteroatoms. The minimum Gasteiger partial charge on any atom is -0.493 e. The van der Waals surface area contributed by atoms with E-state index in [1.165, 1.54) is 6.42 Å². The fourth-order valence-electron chi connectivity index (χ4n) is 3.81. The van der Waals surface area contributed by atoms with Gasteiger partial charge in [-0.15, -0.1) is 0 Å². The number of rotatable bonds is 9. The molecule has 2 heterocycles. The van der Waals surface area contributed by atoms with Gasteiger partial charge < -0.3 is 23.8 Å². The van der Waals surface area contributed by atoms with Crippen molar-refractivity contribution >= 4 is 0 Å². The molecule has 1 fully saturated rings. The van der Waals surface area contributed by atoms with Crippen molar-refractivity contribution in [2.45, 2.75) is 32.2 Å². The summed E-state index contributed by atoms with van der Waals surface area (Å²) in [4.78, 5) is 6.91. The van der Waals surface area contributed by atoms with E-state index >= 15 is 0 Å². The monoisotopic (exact) mass is 391 g/mol. The van der Waals surface area contributed by atoms with Gasteiger partial charge in [-0.25, -0.2) is 0 Å². The summed E-state index contributed by atoms with van der Waals surface area (Å²) in [5.74, 6) is 3.24. The number of aliphatic hydroxyl groups excluding tert-OH is 1. The summed E-state index contributed by atoms with van der Waals surface area (Å²) < 4.78 is 21.8. The van der Waals surface area contributed by atoms with Crippen molar-refractivity contribution in [2.75, 3.05) is 41.0 Å². The van der Waals surface area contributed by atoms with Gasteiger partial charge in [-0.2, -0.15) is 4.98 Å². The van der Waals surface area contributed by atoms with Gasteiger partial charge in [0.1, 0.15) is 0 Å². The minimum atomic E-state index is 0.261. The molecule has 0 bridgehead atoms. The third-order valence-corrected chi connectivity index (χ3v) is 5.15. The second-order valence-corrected chi connectivity index (χ2v) is 7.00.